The number of aliphatic hydroxyl groups is 3. The highest BCUT2D eigenvalue weighted by Gasteiger charge is 2.44. The van der Waals surface area contributed by atoms with Gasteiger partial charge in [0.1, 0.15) is 29.4 Å². The largest absolute Gasteiger partial charge is 0.394 e. The van der Waals surface area contributed by atoms with Gasteiger partial charge in [0, 0.05) is 0 Å². The molecule has 0 spiro atoms. The zero-order valence-electron chi connectivity index (χ0n) is 14.1. The number of aliphatic hydroxyl groups excluding tert-OH is 3. The van der Waals surface area contributed by atoms with E-state index in [0.29, 0.717) is 0 Å². The first-order valence-corrected chi connectivity index (χ1v) is 9.54. The predicted molar refractivity (Wildman–Crippen MR) is 89.7 cm³/mol. The lowest BCUT2D eigenvalue weighted by atomic mass is 10.1. The number of nitrogens with zero attached hydrogens (tertiary/aromatic N) is 5. The highest BCUT2D eigenvalue weighted by atomic mass is 32.2. The van der Waals surface area contributed by atoms with Crippen molar-refractivity contribution >= 4 is 21.3 Å². The van der Waals surface area contributed by atoms with Crippen LogP contribution in [-0.2, 0) is 14.9 Å². The van der Waals surface area contributed by atoms with E-state index in [-0.39, 0.29) is 21.9 Å². The van der Waals surface area contributed by atoms with Crippen LogP contribution in [0.15, 0.2) is 42.1 Å². The van der Waals surface area contributed by atoms with Crippen molar-refractivity contribution in [2.45, 2.75) is 29.4 Å². The Morgan fingerprint density at radius 1 is 1.21 bits per heavy atom. The summed E-state index contributed by atoms with van der Waals surface area (Å²) in [5.41, 5.74) is 0.516. The van der Waals surface area contributed by atoms with E-state index in [4.69, 9.17) is 4.74 Å². The van der Waals surface area contributed by atoms with Crippen LogP contribution in [0.2, 0.25) is 0 Å². The molecule has 13 heteroatoms. The van der Waals surface area contributed by atoms with Crippen molar-refractivity contribution < 1.29 is 37.6 Å². The van der Waals surface area contributed by atoms with Crippen molar-refractivity contribution in [3.05, 3.63) is 37.2 Å². The van der Waals surface area contributed by atoms with Crippen LogP contribution in [-0.4, -0.2) is 72.7 Å². The Morgan fingerprint density at radius 2 is 2.00 bits per heavy atom. The molecule has 0 bridgehead atoms. The van der Waals surface area contributed by atoms with Crippen LogP contribution >= 0.6 is 0 Å². The lowest BCUT2D eigenvalue weighted by molar-refractivity contribution is -0.600. The van der Waals surface area contributed by atoms with Crippen molar-refractivity contribution in [3.63, 3.8) is 0 Å². The molecule has 1 fully saturated rings. The summed E-state index contributed by atoms with van der Waals surface area (Å²) in [5, 5.41) is 29.4. The Balaban J connectivity index is 1.81. The summed E-state index contributed by atoms with van der Waals surface area (Å²) >= 11 is 0. The molecule has 0 radical (unpaired) electrons. The summed E-state index contributed by atoms with van der Waals surface area (Å²) in [6.07, 6.45) is 0.636. The first kappa shape index (κ1) is 18.8. The second-order valence-corrected chi connectivity index (χ2v) is 7.59. The lowest BCUT2D eigenvalue weighted by Crippen LogP contribution is -2.33. The fourth-order valence-electron chi connectivity index (χ4n) is 3.06. The maximum absolute atomic E-state index is 11.4. The average Bonchev–Trinajstić information content (AvgIpc) is 3.22. The van der Waals surface area contributed by atoms with Gasteiger partial charge < -0.3 is 20.1 Å². The Hall–Kier alpha value is -2.55. The summed E-state index contributed by atoms with van der Waals surface area (Å²) in [6, 6.07) is 2.64. The molecular formula is C15H16N5O7S+. The number of ether oxygens (including phenoxy) is 1. The molecule has 4 atom stereocenters. The van der Waals surface area contributed by atoms with Gasteiger partial charge in [0.2, 0.25) is 11.8 Å². The molecule has 0 amide bonds. The minimum absolute atomic E-state index is 0.223. The van der Waals surface area contributed by atoms with Crippen LogP contribution in [0.3, 0.4) is 0 Å². The van der Waals surface area contributed by atoms with Gasteiger partial charge >= 0.3 is 5.82 Å². The van der Waals surface area contributed by atoms with Crippen LogP contribution in [0.25, 0.3) is 17.0 Å². The molecule has 0 aliphatic carbocycles. The van der Waals surface area contributed by atoms with Gasteiger partial charge in [0.15, 0.2) is 11.9 Å². The molecule has 4 N–H and O–H groups in total. The lowest BCUT2D eigenvalue weighted by Gasteiger charge is -2.16. The monoisotopic (exact) mass is 410 g/mol. The Morgan fingerprint density at radius 3 is 2.68 bits per heavy atom. The van der Waals surface area contributed by atoms with Crippen LogP contribution < -0.4 is 4.57 Å². The van der Waals surface area contributed by atoms with E-state index in [9.17, 15) is 28.3 Å². The normalized spacial score (nSPS) is 25.4. The number of fused-ring (bicyclic) bond motifs is 1. The van der Waals surface area contributed by atoms with Gasteiger partial charge in [-0.15, -0.1) is 0 Å². The maximum atomic E-state index is 11.4. The standard InChI is InChI=1S/C15H15N5O7S/c21-5-9-11(22)12(23)15(27-9)20-7-18-10-13(16-6-17-14(10)20)19-3-1-2-8(4-19)28(24,25)26/h1-4,6-7,9,11-12,15,21-23H,5H2/p+1. The Labute approximate surface area is 158 Å². The van der Waals surface area contributed by atoms with Crippen molar-refractivity contribution in [2.24, 2.45) is 0 Å². The number of pyridine rings is 1. The molecule has 1 saturated heterocycles. The minimum Gasteiger partial charge on any atom is -0.394 e. The van der Waals surface area contributed by atoms with Crippen LogP contribution in [0, 0.1) is 0 Å². The van der Waals surface area contributed by atoms with E-state index in [1.165, 1.54) is 46.3 Å². The number of rotatable bonds is 4. The smallest absolute Gasteiger partial charge is 0.359 e. The van der Waals surface area contributed by atoms with E-state index in [2.05, 4.69) is 15.0 Å². The molecule has 148 valence electrons. The topological polar surface area (TPSA) is 172 Å². The predicted octanol–water partition coefficient (Wildman–Crippen LogP) is -2.04. The van der Waals surface area contributed by atoms with Crippen molar-refractivity contribution in [1.82, 2.24) is 19.5 Å². The number of imidazole rings is 1. The summed E-state index contributed by atoms with van der Waals surface area (Å²) in [6.45, 7) is -0.472. The third kappa shape index (κ3) is 3.03. The molecule has 1 aliphatic rings. The molecule has 4 unspecified atom stereocenters. The quantitative estimate of drug-likeness (QED) is 0.277. The van der Waals surface area contributed by atoms with E-state index < -0.39 is 41.3 Å². The molecule has 3 aromatic heterocycles. The van der Waals surface area contributed by atoms with Gasteiger partial charge in [-0.1, -0.05) is 0 Å². The van der Waals surface area contributed by atoms with Crippen molar-refractivity contribution in [1.29, 1.82) is 0 Å². The highest BCUT2D eigenvalue weighted by molar-refractivity contribution is 7.85. The fourth-order valence-corrected chi connectivity index (χ4v) is 3.56. The van der Waals surface area contributed by atoms with Gasteiger partial charge in [0.05, 0.1) is 19.1 Å². The highest BCUT2D eigenvalue weighted by Crippen LogP contribution is 2.31. The van der Waals surface area contributed by atoms with Crippen molar-refractivity contribution in [2.75, 3.05) is 6.61 Å². The molecule has 1 aliphatic heterocycles. The molecule has 3 aromatic rings. The van der Waals surface area contributed by atoms with E-state index in [1.807, 2.05) is 0 Å². The first-order chi connectivity index (χ1) is 13.3. The third-order valence-electron chi connectivity index (χ3n) is 4.45. The van der Waals surface area contributed by atoms with Gasteiger partial charge in [0.25, 0.3) is 10.1 Å². The summed E-state index contributed by atoms with van der Waals surface area (Å²) < 4.78 is 40.2. The van der Waals surface area contributed by atoms with Gasteiger partial charge in [-0.2, -0.15) is 18.0 Å². The van der Waals surface area contributed by atoms with Crippen LogP contribution in [0.4, 0.5) is 0 Å². The second kappa shape index (κ2) is 6.80. The number of hydrogen-bond acceptors (Lipinski definition) is 9. The molecular weight excluding hydrogens is 394 g/mol. The van der Waals surface area contributed by atoms with E-state index >= 15 is 0 Å². The van der Waals surface area contributed by atoms with Crippen molar-refractivity contribution in [3.8, 4) is 5.82 Å². The second-order valence-electron chi connectivity index (χ2n) is 6.17. The number of aromatic nitrogens is 5. The summed E-state index contributed by atoms with van der Waals surface area (Å²) in [7, 11) is -4.41. The SMILES string of the molecule is O=S(=O)(O)c1ccc[n+](-c2ncnc3c2ncn3C2OC(CO)C(O)C2O)c1. The zero-order chi connectivity index (χ0) is 20.1. The first-order valence-electron chi connectivity index (χ1n) is 8.10. The molecule has 12 nitrogen and oxygen atoms in total. The average molecular weight is 410 g/mol. The van der Waals surface area contributed by atoms with Gasteiger partial charge in [-0.05, 0) is 17.1 Å². The van der Waals surface area contributed by atoms with Gasteiger partial charge in [-0.25, -0.2) is 4.98 Å². The molecule has 0 saturated carbocycles. The summed E-state index contributed by atoms with van der Waals surface area (Å²) in [5.74, 6) is 0.223. The number of hydrogen-bond donors (Lipinski definition) is 4. The van der Waals surface area contributed by atoms with E-state index in [1.54, 1.807) is 0 Å². The molecule has 4 rings (SSSR count). The fraction of sp³-hybridized carbons (Fsp3) is 0.333. The molecule has 4 heterocycles. The van der Waals surface area contributed by atoms with Gasteiger partial charge in [-0.3, -0.25) is 9.12 Å². The molecule has 28 heavy (non-hydrogen) atoms. The maximum Gasteiger partial charge on any atom is 0.359 e. The minimum atomic E-state index is -4.41. The van der Waals surface area contributed by atoms with E-state index in [0.717, 1.165) is 0 Å². The Bertz CT molecular complexity index is 1130. The third-order valence-corrected chi connectivity index (χ3v) is 5.28. The van der Waals surface area contributed by atoms with Crippen LogP contribution in [0.5, 0.6) is 0 Å². The zero-order valence-corrected chi connectivity index (χ0v) is 15.0. The Kier molecular flexibility index (Phi) is 4.57. The van der Waals surface area contributed by atoms with Crippen LogP contribution in [0.1, 0.15) is 6.23 Å². The molecule has 0 aromatic carbocycles. The summed E-state index contributed by atoms with van der Waals surface area (Å²) in [4.78, 5) is 12.1.